The summed E-state index contributed by atoms with van der Waals surface area (Å²) in [6, 6.07) is 2.85. The normalized spacial score (nSPS) is 18.8. The van der Waals surface area contributed by atoms with Crippen LogP contribution in [0, 0.1) is 0 Å². The van der Waals surface area contributed by atoms with Gasteiger partial charge in [-0.15, -0.1) is 11.3 Å². The molecule has 1 aliphatic rings. The molecule has 1 aromatic rings. The summed E-state index contributed by atoms with van der Waals surface area (Å²) in [4.78, 5) is 24.8. The van der Waals surface area contributed by atoms with Crippen LogP contribution in [0.25, 0.3) is 0 Å². The van der Waals surface area contributed by atoms with E-state index in [0.717, 1.165) is 11.3 Å². The Labute approximate surface area is 114 Å². The Bertz CT molecular complexity index is 604. The fourth-order valence-corrected chi connectivity index (χ4v) is 3.95. The molecule has 2 rings (SSSR count). The zero-order valence-corrected chi connectivity index (χ0v) is 11.7. The Hall–Kier alpha value is -1.41. The lowest BCUT2D eigenvalue weighted by atomic mass is 10.3. The lowest BCUT2D eigenvalue weighted by Crippen LogP contribution is -2.33. The molecule has 0 bridgehead atoms. The van der Waals surface area contributed by atoms with Crippen molar-refractivity contribution in [3.8, 4) is 0 Å². The predicted molar refractivity (Wildman–Crippen MR) is 70.5 cm³/mol. The number of sulfone groups is 1. The van der Waals surface area contributed by atoms with Crippen LogP contribution >= 0.6 is 11.3 Å². The highest BCUT2D eigenvalue weighted by molar-refractivity contribution is 7.91. The summed E-state index contributed by atoms with van der Waals surface area (Å²) in [5.41, 5.74) is 0. The molecule has 0 aliphatic carbocycles. The second-order valence-electron chi connectivity index (χ2n) is 4.27. The molecule has 0 unspecified atom stereocenters. The molecule has 1 amide bonds. The van der Waals surface area contributed by atoms with Crippen LogP contribution in [0.4, 0.5) is 0 Å². The van der Waals surface area contributed by atoms with Crippen LogP contribution in [0.1, 0.15) is 25.8 Å². The van der Waals surface area contributed by atoms with Crippen LogP contribution in [-0.4, -0.2) is 54.9 Å². The number of carbonyl (C=O) groups excluding carboxylic acids is 1. The van der Waals surface area contributed by atoms with Gasteiger partial charge in [-0.05, 0) is 18.6 Å². The Morgan fingerprint density at radius 3 is 2.47 bits per heavy atom. The van der Waals surface area contributed by atoms with Crippen LogP contribution in [-0.2, 0) is 9.84 Å². The minimum Gasteiger partial charge on any atom is -0.477 e. The van der Waals surface area contributed by atoms with Crippen molar-refractivity contribution < 1.29 is 23.1 Å². The number of aromatic carboxylic acids is 1. The summed E-state index contributed by atoms with van der Waals surface area (Å²) in [7, 11) is -3.06. The Kier molecular flexibility index (Phi) is 3.91. The molecule has 0 radical (unpaired) electrons. The quantitative estimate of drug-likeness (QED) is 0.868. The maximum atomic E-state index is 12.1. The van der Waals surface area contributed by atoms with Crippen LogP contribution in [0.2, 0.25) is 0 Å². The molecular formula is C11H13NO5S2. The SMILES string of the molecule is O=C(O)c1ccc(C(=O)N2CCCS(=O)(=O)CC2)s1. The molecule has 1 fully saturated rings. The van der Waals surface area contributed by atoms with Gasteiger partial charge < -0.3 is 10.0 Å². The van der Waals surface area contributed by atoms with E-state index in [0.29, 0.717) is 17.8 Å². The van der Waals surface area contributed by atoms with Gasteiger partial charge in [0.15, 0.2) is 9.84 Å². The number of carbonyl (C=O) groups is 2. The fourth-order valence-electron chi connectivity index (χ4n) is 1.87. The highest BCUT2D eigenvalue weighted by Crippen LogP contribution is 2.19. The maximum absolute atomic E-state index is 12.1. The first-order chi connectivity index (χ1) is 8.89. The molecule has 19 heavy (non-hydrogen) atoms. The number of amides is 1. The van der Waals surface area contributed by atoms with Crippen molar-refractivity contribution in [1.29, 1.82) is 0 Å². The molecule has 0 spiro atoms. The molecule has 1 saturated heterocycles. The van der Waals surface area contributed by atoms with Gasteiger partial charge in [0.05, 0.1) is 16.4 Å². The topological polar surface area (TPSA) is 91.8 Å². The molecule has 0 saturated carbocycles. The molecule has 104 valence electrons. The van der Waals surface area contributed by atoms with E-state index in [1.807, 2.05) is 0 Å². The second-order valence-corrected chi connectivity index (χ2v) is 7.65. The van der Waals surface area contributed by atoms with Gasteiger partial charge in [0.25, 0.3) is 5.91 Å². The van der Waals surface area contributed by atoms with Gasteiger partial charge in [0, 0.05) is 13.1 Å². The predicted octanol–water partition coefficient (Wildman–Crippen LogP) is 0.707. The lowest BCUT2D eigenvalue weighted by molar-refractivity contribution is 0.0701. The molecule has 1 aromatic heterocycles. The van der Waals surface area contributed by atoms with E-state index in [1.54, 1.807) is 0 Å². The lowest BCUT2D eigenvalue weighted by Gasteiger charge is -2.18. The smallest absolute Gasteiger partial charge is 0.345 e. The molecule has 8 heteroatoms. The zero-order chi connectivity index (χ0) is 14.0. The summed E-state index contributed by atoms with van der Waals surface area (Å²) < 4.78 is 22.9. The summed E-state index contributed by atoms with van der Waals surface area (Å²) in [6.45, 7) is 0.555. The van der Waals surface area contributed by atoms with Crippen LogP contribution in [0.5, 0.6) is 0 Å². The zero-order valence-electron chi connectivity index (χ0n) is 10.0. The third-order valence-corrected chi connectivity index (χ3v) is 5.65. The van der Waals surface area contributed by atoms with Gasteiger partial charge in [0.1, 0.15) is 4.88 Å². The van der Waals surface area contributed by atoms with Gasteiger partial charge in [0.2, 0.25) is 0 Å². The molecule has 1 aliphatic heterocycles. The van der Waals surface area contributed by atoms with Gasteiger partial charge in [-0.3, -0.25) is 4.79 Å². The average molecular weight is 303 g/mol. The van der Waals surface area contributed by atoms with Gasteiger partial charge in [-0.25, -0.2) is 13.2 Å². The molecule has 0 aromatic carbocycles. The van der Waals surface area contributed by atoms with E-state index < -0.39 is 15.8 Å². The Morgan fingerprint density at radius 2 is 1.84 bits per heavy atom. The average Bonchev–Trinajstić information content (AvgIpc) is 2.75. The largest absolute Gasteiger partial charge is 0.477 e. The molecule has 6 nitrogen and oxygen atoms in total. The van der Waals surface area contributed by atoms with Gasteiger partial charge >= 0.3 is 5.97 Å². The Balaban J connectivity index is 2.12. The van der Waals surface area contributed by atoms with Crippen molar-refractivity contribution in [3.63, 3.8) is 0 Å². The molecule has 2 heterocycles. The van der Waals surface area contributed by atoms with Crippen LogP contribution in [0.15, 0.2) is 12.1 Å². The number of carboxylic acid groups (broad SMARTS) is 1. The van der Waals surface area contributed by atoms with Gasteiger partial charge in [-0.1, -0.05) is 0 Å². The van der Waals surface area contributed by atoms with Crippen LogP contribution < -0.4 is 0 Å². The van der Waals surface area contributed by atoms with Crippen molar-refractivity contribution in [2.24, 2.45) is 0 Å². The van der Waals surface area contributed by atoms with E-state index in [-0.39, 0.29) is 28.8 Å². The van der Waals surface area contributed by atoms with Crippen molar-refractivity contribution in [3.05, 3.63) is 21.9 Å². The highest BCUT2D eigenvalue weighted by atomic mass is 32.2. The van der Waals surface area contributed by atoms with Crippen LogP contribution in [0.3, 0.4) is 0 Å². The van der Waals surface area contributed by atoms with Crippen molar-refractivity contribution in [2.75, 3.05) is 24.6 Å². The van der Waals surface area contributed by atoms with E-state index in [2.05, 4.69) is 0 Å². The number of carboxylic acids is 1. The number of hydrogen-bond donors (Lipinski definition) is 1. The number of nitrogens with zero attached hydrogens (tertiary/aromatic N) is 1. The highest BCUT2D eigenvalue weighted by Gasteiger charge is 2.24. The molecule has 1 N–H and O–H groups in total. The van der Waals surface area contributed by atoms with Crippen molar-refractivity contribution in [1.82, 2.24) is 4.90 Å². The number of hydrogen-bond acceptors (Lipinski definition) is 5. The third kappa shape index (κ3) is 3.32. The molecule has 0 atom stereocenters. The third-order valence-electron chi connectivity index (χ3n) is 2.87. The van der Waals surface area contributed by atoms with Gasteiger partial charge in [-0.2, -0.15) is 0 Å². The number of rotatable bonds is 2. The summed E-state index contributed by atoms with van der Waals surface area (Å²) in [5.74, 6) is -1.30. The second kappa shape index (κ2) is 5.30. The summed E-state index contributed by atoms with van der Waals surface area (Å²) >= 11 is 0.909. The fraction of sp³-hybridized carbons (Fsp3) is 0.455. The monoisotopic (exact) mass is 303 g/mol. The standard InChI is InChI=1S/C11H13NO5S2/c13-10(8-2-3-9(18-8)11(14)15)12-4-1-6-19(16,17)7-5-12/h2-3H,1,4-7H2,(H,14,15). The van der Waals surface area contributed by atoms with E-state index in [9.17, 15) is 18.0 Å². The minimum atomic E-state index is -3.06. The summed E-state index contributed by atoms with van der Waals surface area (Å²) in [5, 5.41) is 8.81. The first-order valence-electron chi connectivity index (χ1n) is 5.72. The maximum Gasteiger partial charge on any atom is 0.345 e. The van der Waals surface area contributed by atoms with E-state index in [4.69, 9.17) is 5.11 Å². The first kappa shape index (κ1) is 14.0. The minimum absolute atomic E-state index is 0.0318. The van der Waals surface area contributed by atoms with Crippen molar-refractivity contribution in [2.45, 2.75) is 6.42 Å². The van der Waals surface area contributed by atoms with E-state index in [1.165, 1.54) is 17.0 Å². The summed E-state index contributed by atoms with van der Waals surface area (Å²) in [6.07, 6.45) is 0.422. The van der Waals surface area contributed by atoms with Crippen molar-refractivity contribution >= 4 is 33.1 Å². The molecular weight excluding hydrogens is 290 g/mol. The van der Waals surface area contributed by atoms with E-state index >= 15 is 0 Å². The Morgan fingerprint density at radius 1 is 1.16 bits per heavy atom. The first-order valence-corrected chi connectivity index (χ1v) is 8.36. The number of thiophene rings is 1.